The lowest BCUT2D eigenvalue weighted by atomic mass is 10.1. The summed E-state index contributed by atoms with van der Waals surface area (Å²) in [5.41, 5.74) is 1.02. The zero-order valence-electron chi connectivity index (χ0n) is 10.7. The van der Waals surface area contributed by atoms with Crippen molar-refractivity contribution in [1.29, 1.82) is 0 Å². The van der Waals surface area contributed by atoms with E-state index in [0.29, 0.717) is 17.7 Å². The molecular formula is C12H14N2O5S. The molecule has 0 bridgehead atoms. The second-order valence-corrected chi connectivity index (χ2v) is 5.36. The summed E-state index contributed by atoms with van der Waals surface area (Å²) in [5.74, 6) is -1.27. The van der Waals surface area contributed by atoms with Gasteiger partial charge in [0.1, 0.15) is 17.8 Å². The maximum Gasteiger partial charge on any atom is 0.323 e. The number of fused-ring (bicyclic) bond motifs is 1. The summed E-state index contributed by atoms with van der Waals surface area (Å²) in [6.07, 6.45) is 0.483. The number of aliphatic carboxylic acids is 1. The average Bonchev–Trinajstić information content (AvgIpc) is 2.66. The molecule has 3 N–H and O–H groups in total. The Kier molecular flexibility index (Phi) is 4.07. The molecule has 108 valence electrons. The number of nitrogens with zero attached hydrogens (tertiary/aromatic N) is 2. The van der Waals surface area contributed by atoms with E-state index in [1.165, 1.54) is 13.1 Å². The number of carboxylic acids is 1. The van der Waals surface area contributed by atoms with Crippen LogP contribution in [0.25, 0.3) is 10.2 Å². The molecule has 2 rings (SSSR count). The Balaban J connectivity index is 2.56. The van der Waals surface area contributed by atoms with E-state index in [-0.39, 0.29) is 11.3 Å². The average molecular weight is 298 g/mol. The summed E-state index contributed by atoms with van der Waals surface area (Å²) in [5, 5.41) is 28.9. The number of phenolic OH excluding ortho intramolecular Hbond substituents is 1. The van der Waals surface area contributed by atoms with Gasteiger partial charge in [-0.3, -0.25) is 14.2 Å². The van der Waals surface area contributed by atoms with Crippen LogP contribution in [0.3, 0.4) is 0 Å². The molecule has 2 aromatic rings. The predicted molar refractivity (Wildman–Crippen MR) is 73.5 cm³/mol. The van der Waals surface area contributed by atoms with Crippen molar-refractivity contribution in [3.8, 4) is 5.75 Å². The van der Waals surface area contributed by atoms with Gasteiger partial charge in [-0.15, -0.1) is 0 Å². The Bertz CT molecular complexity index is 704. The first-order valence-corrected chi connectivity index (χ1v) is 6.67. The number of rotatable bonds is 5. The Hall–Kier alpha value is -1.90. The number of hydrogen-bond acceptors (Lipinski definition) is 6. The molecule has 0 amide bonds. The Morgan fingerprint density at radius 1 is 1.45 bits per heavy atom. The van der Waals surface area contributed by atoms with E-state index in [0.717, 1.165) is 26.5 Å². The third-order valence-corrected chi connectivity index (χ3v) is 3.92. The smallest absolute Gasteiger partial charge is 0.323 e. The lowest BCUT2D eigenvalue weighted by Crippen LogP contribution is -2.18. The van der Waals surface area contributed by atoms with Gasteiger partial charge in [0, 0.05) is 13.6 Å². The van der Waals surface area contributed by atoms with E-state index in [4.69, 9.17) is 10.3 Å². The molecule has 0 aliphatic carbocycles. The fraction of sp³-hybridized carbons (Fsp3) is 0.333. The van der Waals surface area contributed by atoms with Crippen LogP contribution >= 0.6 is 11.3 Å². The molecule has 0 radical (unpaired) electrons. The molecule has 20 heavy (non-hydrogen) atoms. The van der Waals surface area contributed by atoms with E-state index in [2.05, 4.69) is 0 Å². The van der Waals surface area contributed by atoms with E-state index >= 15 is 0 Å². The number of aromatic nitrogens is 1. The van der Waals surface area contributed by atoms with Crippen LogP contribution in [-0.4, -0.2) is 44.6 Å². The van der Waals surface area contributed by atoms with Crippen LogP contribution in [0.4, 0.5) is 0 Å². The number of carboxylic acid groups (broad SMARTS) is 1. The van der Waals surface area contributed by atoms with Crippen LogP contribution in [0.5, 0.6) is 5.75 Å². The van der Waals surface area contributed by atoms with Crippen LogP contribution in [0.15, 0.2) is 16.9 Å². The SMILES string of the molecule is CN(O)CCc1ccc(O)c2c1sc(=O)n2CC(=O)O. The molecule has 0 saturated carbocycles. The number of likely N-dealkylation sites (N-methyl/N-ethyl adjacent to an activating group) is 1. The molecule has 1 aromatic carbocycles. The zero-order chi connectivity index (χ0) is 14.9. The summed E-state index contributed by atoms with van der Waals surface area (Å²) in [4.78, 5) is 22.2. The first-order chi connectivity index (χ1) is 9.40. The van der Waals surface area contributed by atoms with Gasteiger partial charge in [-0.2, -0.15) is 5.06 Å². The van der Waals surface area contributed by atoms with Gasteiger partial charge in [0.15, 0.2) is 0 Å². The van der Waals surface area contributed by atoms with Crippen molar-refractivity contribution in [3.05, 3.63) is 27.4 Å². The fourth-order valence-electron chi connectivity index (χ4n) is 1.97. The molecule has 0 aliphatic heterocycles. The highest BCUT2D eigenvalue weighted by Gasteiger charge is 2.16. The summed E-state index contributed by atoms with van der Waals surface area (Å²) in [6, 6.07) is 3.10. The number of hydrogen-bond donors (Lipinski definition) is 3. The van der Waals surface area contributed by atoms with Crippen molar-refractivity contribution in [2.45, 2.75) is 13.0 Å². The number of phenols is 1. The molecule has 0 unspecified atom stereocenters. The molecule has 7 nitrogen and oxygen atoms in total. The molecule has 8 heteroatoms. The van der Waals surface area contributed by atoms with Gasteiger partial charge >= 0.3 is 10.8 Å². The Morgan fingerprint density at radius 2 is 2.15 bits per heavy atom. The van der Waals surface area contributed by atoms with Gasteiger partial charge in [0.25, 0.3) is 0 Å². The lowest BCUT2D eigenvalue weighted by molar-refractivity contribution is -0.137. The molecule has 0 saturated heterocycles. The number of aromatic hydroxyl groups is 1. The van der Waals surface area contributed by atoms with Gasteiger partial charge in [-0.05, 0) is 18.1 Å². The van der Waals surface area contributed by atoms with E-state index < -0.39 is 17.4 Å². The topological polar surface area (TPSA) is 103 Å². The normalized spacial score (nSPS) is 11.3. The molecule has 0 fully saturated rings. The minimum atomic E-state index is -1.15. The minimum Gasteiger partial charge on any atom is -0.506 e. The number of hydroxylamine groups is 2. The zero-order valence-corrected chi connectivity index (χ0v) is 11.6. The first kappa shape index (κ1) is 14.5. The van der Waals surface area contributed by atoms with Crippen LogP contribution in [-0.2, 0) is 17.8 Å². The van der Waals surface area contributed by atoms with Crippen LogP contribution in [0, 0.1) is 0 Å². The largest absolute Gasteiger partial charge is 0.506 e. The van der Waals surface area contributed by atoms with Crippen molar-refractivity contribution in [3.63, 3.8) is 0 Å². The van der Waals surface area contributed by atoms with Crippen molar-refractivity contribution in [2.24, 2.45) is 0 Å². The van der Waals surface area contributed by atoms with Gasteiger partial charge in [0.2, 0.25) is 0 Å². The molecular weight excluding hydrogens is 284 g/mol. The standard InChI is InChI=1S/C12H14N2O5S/c1-13(19)5-4-7-2-3-8(15)10-11(7)20-12(18)14(10)6-9(16)17/h2-3,15,19H,4-6H2,1H3,(H,16,17). The van der Waals surface area contributed by atoms with Crippen molar-refractivity contribution >= 4 is 27.5 Å². The van der Waals surface area contributed by atoms with E-state index in [1.54, 1.807) is 6.07 Å². The van der Waals surface area contributed by atoms with E-state index in [9.17, 15) is 14.7 Å². The van der Waals surface area contributed by atoms with Gasteiger partial charge in [-0.1, -0.05) is 17.4 Å². The number of carbonyl (C=O) groups is 1. The van der Waals surface area contributed by atoms with Gasteiger partial charge in [0.05, 0.1) is 4.70 Å². The van der Waals surface area contributed by atoms with E-state index in [1.807, 2.05) is 0 Å². The summed E-state index contributed by atoms with van der Waals surface area (Å²) < 4.78 is 1.60. The molecule has 0 atom stereocenters. The third kappa shape index (κ3) is 2.82. The second-order valence-electron chi connectivity index (χ2n) is 4.40. The van der Waals surface area contributed by atoms with Crippen molar-refractivity contribution < 1.29 is 20.2 Å². The van der Waals surface area contributed by atoms with Crippen molar-refractivity contribution in [2.75, 3.05) is 13.6 Å². The highest BCUT2D eigenvalue weighted by molar-refractivity contribution is 7.16. The maximum absolute atomic E-state index is 11.9. The van der Waals surface area contributed by atoms with Crippen LogP contribution in [0.1, 0.15) is 5.56 Å². The van der Waals surface area contributed by atoms with Crippen LogP contribution in [0.2, 0.25) is 0 Å². The quantitative estimate of drug-likeness (QED) is 0.703. The molecule has 1 heterocycles. The summed E-state index contributed by atoms with van der Waals surface area (Å²) >= 11 is 0.897. The first-order valence-electron chi connectivity index (χ1n) is 5.86. The van der Waals surface area contributed by atoms with Gasteiger partial charge in [-0.25, -0.2) is 0 Å². The highest BCUT2D eigenvalue weighted by Crippen LogP contribution is 2.30. The number of benzene rings is 1. The Morgan fingerprint density at radius 3 is 2.75 bits per heavy atom. The molecule has 0 spiro atoms. The number of thiazole rings is 1. The highest BCUT2D eigenvalue weighted by atomic mass is 32.1. The predicted octanol–water partition coefficient (Wildman–Crippen LogP) is 0.717. The molecule has 1 aromatic heterocycles. The lowest BCUT2D eigenvalue weighted by Gasteiger charge is -2.09. The maximum atomic E-state index is 11.9. The third-order valence-electron chi connectivity index (χ3n) is 2.87. The minimum absolute atomic E-state index is 0.124. The monoisotopic (exact) mass is 298 g/mol. The van der Waals surface area contributed by atoms with Gasteiger partial charge < -0.3 is 15.4 Å². The summed E-state index contributed by atoms with van der Waals surface area (Å²) in [7, 11) is 1.51. The second kappa shape index (κ2) is 5.61. The van der Waals surface area contributed by atoms with Crippen LogP contribution < -0.4 is 4.87 Å². The summed E-state index contributed by atoms with van der Waals surface area (Å²) in [6.45, 7) is -0.124. The fourth-order valence-corrected chi connectivity index (χ4v) is 3.02. The van der Waals surface area contributed by atoms with Crippen molar-refractivity contribution in [1.82, 2.24) is 9.63 Å². The Labute approximate surface area is 117 Å². The molecule has 0 aliphatic rings.